The van der Waals surface area contributed by atoms with E-state index in [0.717, 1.165) is 17.8 Å². The molecule has 0 spiro atoms. The van der Waals surface area contributed by atoms with E-state index in [2.05, 4.69) is 33.7 Å². The molecule has 1 aromatic heterocycles. The smallest absolute Gasteiger partial charge is 0.216 e. The van der Waals surface area contributed by atoms with Crippen molar-refractivity contribution in [3.8, 4) is 0 Å². The number of rotatable bonds is 4. The molecule has 0 bridgehead atoms. The molecular weight excluding hydrogens is 264 g/mol. The zero-order valence-electron chi connectivity index (χ0n) is 10.3. The van der Waals surface area contributed by atoms with Crippen molar-refractivity contribution < 1.29 is 0 Å². The minimum absolute atomic E-state index is 0.517. The average Bonchev–Trinajstić information content (AvgIpc) is 2.77. The van der Waals surface area contributed by atoms with Crippen LogP contribution in [-0.4, -0.2) is 27.3 Å². The van der Waals surface area contributed by atoms with E-state index in [1.54, 1.807) is 22.7 Å². The number of aromatic nitrogens is 3. The third-order valence-electron chi connectivity index (χ3n) is 2.47. The van der Waals surface area contributed by atoms with Gasteiger partial charge in [0.1, 0.15) is 0 Å². The number of hydrogen-bond acceptors (Lipinski definition) is 4. The van der Waals surface area contributed by atoms with E-state index in [0.29, 0.717) is 4.77 Å². The van der Waals surface area contributed by atoms with Crippen LogP contribution in [0.4, 0.5) is 0 Å². The number of thioether (sulfide) groups is 1. The standard InChI is InChI=1S/C12H14N4S2/c1-3-11-14-15-12(17)16(11)13-8-9-4-6-10(18-2)7-5-9/h4-8H,3H2,1-2H3,(H,15,17)/b13-8+. The number of H-pyrrole nitrogens is 1. The lowest BCUT2D eigenvalue weighted by Crippen LogP contribution is -1.97. The van der Waals surface area contributed by atoms with E-state index >= 15 is 0 Å². The van der Waals surface area contributed by atoms with Gasteiger partial charge in [0.05, 0.1) is 6.21 Å². The van der Waals surface area contributed by atoms with E-state index in [-0.39, 0.29) is 0 Å². The van der Waals surface area contributed by atoms with Crippen molar-refractivity contribution >= 4 is 30.2 Å². The van der Waals surface area contributed by atoms with Crippen molar-refractivity contribution in [1.29, 1.82) is 0 Å². The van der Waals surface area contributed by atoms with Crippen LogP contribution < -0.4 is 0 Å². The molecule has 0 aliphatic carbocycles. The number of aromatic amines is 1. The summed E-state index contributed by atoms with van der Waals surface area (Å²) in [6.07, 6.45) is 4.63. The van der Waals surface area contributed by atoms with Gasteiger partial charge in [-0.3, -0.25) is 5.10 Å². The van der Waals surface area contributed by atoms with E-state index in [9.17, 15) is 0 Å². The summed E-state index contributed by atoms with van der Waals surface area (Å²) in [4.78, 5) is 1.24. The summed E-state index contributed by atoms with van der Waals surface area (Å²) in [5.41, 5.74) is 1.04. The molecule has 0 atom stereocenters. The van der Waals surface area contributed by atoms with Gasteiger partial charge in [-0.25, -0.2) is 0 Å². The summed E-state index contributed by atoms with van der Waals surface area (Å²) in [6.45, 7) is 2.02. The molecule has 0 aliphatic rings. The van der Waals surface area contributed by atoms with Crippen molar-refractivity contribution in [1.82, 2.24) is 14.9 Å². The second-order valence-corrected chi connectivity index (χ2v) is 4.89. The summed E-state index contributed by atoms with van der Waals surface area (Å²) >= 11 is 6.84. The molecule has 2 rings (SSSR count). The molecule has 0 fully saturated rings. The van der Waals surface area contributed by atoms with Crippen LogP contribution in [-0.2, 0) is 6.42 Å². The van der Waals surface area contributed by atoms with Crippen LogP contribution in [0.15, 0.2) is 34.3 Å². The number of nitrogens with zero attached hydrogens (tertiary/aromatic N) is 3. The van der Waals surface area contributed by atoms with Gasteiger partial charge < -0.3 is 0 Å². The highest BCUT2D eigenvalue weighted by Gasteiger charge is 2.00. The molecule has 4 nitrogen and oxygen atoms in total. The molecule has 0 amide bonds. The van der Waals surface area contributed by atoms with E-state index in [4.69, 9.17) is 12.2 Å². The summed E-state index contributed by atoms with van der Waals surface area (Å²) < 4.78 is 2.17. The Hall–Kier alpha value is -1.40. The second kappa shape index (κ2) is 5.97. The van der Waals surface area contributed by atoms with Crippen molar-refractivity contribution in [2.24, 2.45) is 5.10 Å². The first-order valence-corrected chi connectivity index (χ1v) is 7.22. The predicted octanol–water partition coefficient (Wildman–Crippen LogP) is 3.11. The zero-order valence-corrected chi connectivity index (χ0v) is 11.9. The van der Waals surface area contributed by atoms with Gasteiger partial charge in [0.25, 0.3) is 0 Å². The third kappa shape index (κ3) is 2.88. The van der Waals surface area contributed by atoms with Gasteiger partial charge in [-0.05, 0) is 36.2 Å². The number of benzene rings is 1. The van der Waals surface area contributed by atoms with Crippen LogP contribution in [0, 0.1) is 4.77 Å². The van der Waals surface area contributed by atoms with E-state index in [1.807, 2.05) is 19.1 Å². The molecule has 18 heavy (non-hydrogen) atoms. The first kappa shape index (κ1) is 13.0. The maximum Gasteiger partial charge on any atom is 0.216 e. The van der Waals surface area contributed by atoms with Crippen LogP contribution in [0.3, 0.4) is 0 Å². The fraction of sp³-hybridized carbons (Fsp3) is 0.250. The lowest BCUT2D eigenvalue weighted by atomic mass is 10.2. The Morgan fingerprint density at radius 1 is 1.44 bits per heavy atom. The molecule has 0 radical (unpaired) electrons. The van der Waals surface area contributed by atoms with Crippen molar-refractivity contribution in [3.05, 3.63) is 40.4 Å². The van der Waals surface area contributed by atoms with Gasteiger partial charge in [-0.2, -0.15) is 14.9 Å². The molecule has 94 valence electrons. The molecule has 0 saturated carbocycles. The Balaban J connectivity index is 2.24. The Kier molecular flexibility index (Phi) is 4.33. The van der Waals surface area contributed by atoms with E-state index < -0.39 is 0 Å². The Morgan fingerprint density at radius 2 is 2.17 bits per heavy atom. The summed E-state index contributed by atoms with van der Waals surface area (Å²) in [6, 6.07) is 8.21. The van der Waals surface area contributed by atoms with Crippen LogP contribution in [0.5, 0.6) is 0 Å². The third-order valence-corrected chi connectivity index (χ3v) is 3.48. The number of hydrogen-bond donors (Lipinski definition) is 1. The van der Waals surface area contributed by atoms with Gasteiger partial charge in [0.2, 0.25) is 4.77 Å². The largest absolute Gasteiger partial charge is 0.250 e. The highest BCUT2D eigenvalue weighted by atomic mass is 32.2. The van der Waals surface area contributed by atoms with Crippen LogP contribution in [0.25, 0.3) is 0 Å². The molecule has 1 heterocycles. The second-order valence-electron chi connectivity index (χ2n) is 3.63. The van der Waals surface area contributed by atoms with Crippen LogP contribution in [0.2, 0.25) is 0 Å². The van der Waals surface area contributed by atoms with E-state index in [1.165, 1.54) is 4.90 Å². The van der Waals surface area contributed by atoms with Gasteiger partial charge in [0, 0.05) is 11.3 Å². The normalized spacial score (nSPS) is 11.2. The average molecular weight is 278 g/mol. The van der Waals surface area contributed by atoms with Crippen LogP contribution >= 0.6 is 24.0 Å². The summed E-state index contributed by atoms with van der Waals surface area (Å²) in [5, 5.41) is 11.2. The highest BCUT2D eigenvalue weighted by Crippen LogP contribution is 2.14. The Bertz CT molecular complexity index is 595. The SMILES string of the molecule is CCc1n[nH]c(=S)n1/N=C/c1ccc(SC)cc1. The molecule has 0 unspecified atom stereocenters. The maximum atomic E-state index is 5.12. The quantitative estimate of drug-likeness (QED) is 0.531. The van der Waals surface area contributed by atoms with Crippen molar-refractivity contribution in [2.75, 3.05) is 6.26 Å². The maximum absolute atomic E-state index is 5.12. The fourth-order valence-electron chi connectivity index (χ4n) is 1.49. The fourth-order valence-corrected chi connectivity index (χ4v) is 2.09. The van der Waals surface area contributed by atoms with Gasteiger partial charge in [-0.15, -0.1) is 11.8 Å². The summed E-state index contributed by atoms with van der Waals surface area (Å²) in [5.74, 6) is 0.831. The van der Waals surface area contributed by atoms with Gasteiger partial charge in [0.15, 0.2) is 5.82 Å². The lowest BCUT2D eigenvalue weighted by Gasteiger charge is -1.98. The first-order chi connectivity index (χ1) is 8.74. The molecule has 2 aromatic rings. The topological polar surface area (TPSA) is 46.0 Å². The van der Waals surface area contributed by atoms with Crippen molar-refractivity contribution in [2.45, 2.75) is 18.2 Å². The van der Waals surface area contributed by atoms with Crippen LogP contribution in [0.1, 0.15) is 18.3 Å². The highest BCUT2D eigenvalue weighted by molar-refractivity contribution is 7.98. The Labute approximate surface area is 115 Å². The molecule has 1 N–H and O–H groups in total. The predicted molar refractivity (Wildman–Crippen MR) is 78.0 cm³/mol. The zero-order chi connectivity index (χ0) is 13.0. The first-order valence-electron chi connectivity index (χ1n) is 5.59. The monoisotopic (exact) mass is 278 g/mol. The minimum atomic E-state index is 0.517. The molecule has 0 aliphatic heterocycles. The molecule has 1 aromatic carbocycles. The Morgan fingerprint density at radius 3 is 2.78 bits per heavy atom. The van der Waals surface area contributed by atoms with Gasteiger partial charge >= 0.3 is 0 Å². The molecular formula is C12H14N4S2. The number of aryl methyl sites for hydroxylation is 1. The lowest BCUT2D eigenvalue weighted by molar-refractivity contribution is 0.780. The van der Waals surface area contributed by atoms with Crippen molar-refractivity contribution in [3.63, 3.8) is 0 Å². The minimum Gasteiger partial charge on any atom is -0.250 e. The number of nitrogens with one attached hydrogen (secondary N) is 1. The molecule has 0 saturated heterocycles. The van der Waals surface area contributed by atoms with Gasteiger partial charge in [-0.1, -0.05) is 19.1 Å². The summed E-state index contributed by atoms with van der Waals surface area (Å²) in [7, 11) is 0. The molecule has 6 heteroatoms.